The zero-order chi connectivity index (χ0) is 46.5. The Morgan fingerprint density at radius 2 is 0.734 bits per heavy atom. The third-order valence-electron chi connectivity index (χ3n) is 13.2. The van der Waals surface area contributed by atoms with Crippen molar-refractivity contribution in [3.63, 3.8) is 0 Å². The van der Waals surface area contributed by atoms with E-state index in [2.05, 4.69) is 31.3 Å². The number of nitrogens with one attached hydrogen (secondary N) is 1. The van der Waals surface area contributed by atoms with Crippen LogP contribution in [0.15, 0.2) is 24.3 Å². The number of carbonyl (C=O) groups excluding carboxylic acids is 2. The third-order valence-corrected chi connectivity index (χ3v) is 13.2. The maximum atomic E-state index is 12.5. The molecule has 6 nitrogen and oxygen atoms in total. The Labute approximate surface area is 399 Å². The maximum Gasteiger partial charge on any atom is 0.305 e. The van der Waals surface area contributed by atoms with E-state index >= 15 is 0 Å². The molecule has 6 heteroatoms. The number of hydrogen-bond acceptors (Lipinski definition) is 5. The quantitative estimate of drug-likeness (QED) is 0.0321. The van der Waals surface area contributed by atoms with Crippen LogP contribution in [0.5, 0.6) is 0 Å². The molecule has 1 amide bonds. The van der Waals surface area contributed by atoms with Gasteiger partial charge in [-0.05, 0) is 57.8 Å². The summed E-state index contributed by atoms with van der Waals surface area (Å²) in [6, 6.07) is -0.638. The summed E-state index contributed by atoms with van der Waals surface area (Å²) in [5.74, 6) is -0.0785. The number of carbonyl (C=O) groups is 2. The van der Waals surface area contributed by atoms with Crippen molar-refractivity contribution in [3.05, 3.63) is 24.3 Å². The van der Waals surface area contributed by atoms with Gasteiger partial charge in [-0.1, -0.05) is 263 Å². The number of ether oxygens (including phenoxy) is 1. The lowest BCUT2D eigenvalue weighted by Gasteiger charge is -2.20. The van der Waals surface area contributed by atoms with Gasteiger partial charge in [-0.15, -0.1) is 0 Å². The fourth-order valence-corrected chi connectivity index (χ4v) is 8.81. The van der Waals surface area contributed by atoms with Crippen LogP contribution in [0.25, 0.3) is 0 Å². The van der Waals surface area contributed by atoms with Crippen molar-refractivity contribution >= 4 is 11.9 Å². The van der Waals surface area contributed by atoms with Gasteiger partial charge in [0.25, 0.3) is 0 Å². The topological polar surface area (TPSA) is 95.9 Å². The number of amides is 1. The number of esters is 1. The van der Waals surface area contributed by atoms with Crippen molar-refractivity contribution in [2.75, 3.05) is 13.2 Å². The molecule has 0 rings (SSSR count). The molecule has 0 aromatic carbocycles. The summed E-state index contributed by atoms with van der Waals surface area (Å²) in [6.45, 7) is 4.90. The predicted molar refractivity (Wildman–Crippen MR) is 278 cm³/mol. The molecule has 0 aliphatic carbocycles. The minimum absolute atomic E-state index is 0.00191. The van der Waals surface area contributed by atoms with Gasteiger partial charge in [0.05, 0.1) is 25.4 Å². The average Bonchev–Trinajstić information content (AvgIpc) is 3.29. The van der Waals surface area contributed by atoms with Gasteiger partial charge in [-0.25, -0.2) is 0 Å². The van der Waals surface area contributed by atoms with E-state index in [1.54, 1.807) is 6.08 Å². The third kappa shape index (κ3) is 49.8. The van der Waals surface area contributed by atoms with Crippen LogP contribution in [0.3, 0.4) is 0 Å². The van der Waals surface area contributed by atoms with Crippen molar-refractivity contribution in [1.29, 1.82) is 0 Å². The van der Waals surface area contributed by atoms with Crippen LogP contribution in [0.4, 0.5) is 0 Å². The summed E-state index contributed by atoms with van der Waals surface area (Å²) in [5.41, 5.74) is 0. The smallest absolute Gasteiger partial charge is 0.305 e. The van der Waals surface area contributed by atoms with E-state index in [-0.39, 0.29) is 18.5 Å². The fourth-order valence-electron chi connectivity index (χ4n) is 8.81. The maximum absolute atomic E-state index is 12.5. The second kappa shape index (κ2) is 54.0. The summed E-state index contributed by atoms with van der Waals surface area (Å²) in [6.07, 6.45) is 64.8. The number of aliphatic hydroxyl groups excluding tert-OH is 2. The second-order valence-electron chi connectivity index (χ2n) is 19.6. The van der Waals surface area contributed by atoms with Crippen LogP contribution in [0.2, 0.25) is 0 Å². The molecule has 2 atom stereocenters. The molecule has 0 aromatic heterocycles. The Hall–Kier alpha value is -1.66. The van der Waals surface area contributed by atoms with Gasteiger partial charge >= 0.3 is 5.97 Å². The van der Waals surface area contributed by atoms with Crippen LogP contribution in [0, 0.1) is 0 Å². The standard InChI is InChI=1S/C58H111NO5/c1-3-5-7-9-11-13-15-16-17-18-21-24-27-31-34-38-42-46-50-56(61)55(54-60)59-57(62)51-47-43-39-35-32-28-25-22-19-20-23-26-29-33-37-41-45-49-53-64-58(63)52-48-44-40-36-30-14-12-10-8-6-4-2/h22,25,46,50,55-56,60-61H,3-21,23-24,26-45,47-49,51-54H2,1-2H3,(H,59,62)/b25-22-,50-46+. The Balaban J connectivity index is 3.49. The number of rotatable bonds is 53. The number of unbranched alkanes of at least 4 members (excludes halogenated alkanes) is 40. The number of allylic oxidation sites excluding steroid dienone is 3. The number of aliphatic hydroxyl groups is 2. The molecule has 0 fully saturated rings. The molecule has 64 heavy (non-hydrogen) atoms. The second-order valence-corrected chi connectivity index (χ2v) is 19.6. The zero-order valence-electron chi connectivity index (χ0n) is 43.0. The average molecular weight is 903 g/mol. The molecule has 2 unspecified atom stereocenters. The highest BCUT2D eigenvalue weighted by atomic mass is 16.5. The Kier molecular flexibility index (Phi) is 52.6. The molecule has 0 aliphatic heterocycles. The van der Waals surface area contributed by atoms with Gasteiger partial charge in [0.1, 0.15) is 0 Å². The lowest BCUT2D eigenvalue weighted by atomic mass is 10.0. The van der Waals surface area contributed by atoms with Crippen molar-refractivity contribution in [2.45, 2.75) is 321 Å². The summed E-state index contributed by atoms with van der Waals surface area (Å²) < 4.78 is 5.45. The summed E-state index contributed by atoms with van der Waals surface area (Å²) in [7, 11) is 0. The normalized spacial score (nSPS) is 12.8. The lowest BCUT2D eigenvalue weighted by molar-refractivity contribution is -0.143. The van der Waals surface area contributed by atoms with Crippen LogP contribution >= 0.6 is 0 Å². The minimum Gasteiger partial charge on any atom is -0.466 e. The minimum atomic E-state index is -0.853. The first-order valence-corrected chi connectivity index (χ1v) is 28.6. The van der Waals surface area contributed by atoms with Gasteiger partial charge in [-0.3, -0.25) is 9.59 Å². The Morgan fingerprint density at radius 3 is 1.11 bits per heavy atom. The molecule has 0 saturated heterocycles. The van der Waals surface area contributed by atoms with Crippen molar-refractivity contribution in [1.82, 2.24) is 5.32 Å². The molecule has 0 aromatic rings. The molecule has 0 saturated carbocycles. The van der Waals surface area contributed by atoms with Gasteiger partial charge in [-0.2, -0.15) is 0 Å². The van der Waals surface area contributed by atoms with Crippen LogP contribution < -0.4 is 5.32 Å². The van der Waals surface area contributed by atoms with E-state index in [4.69, 9.17) is 4.74 Å². The highest BCUT2D eigenvalue weighted by molar-refractivity contribution is 5.76. The molecule has 0 aliphatic rings. The van der Waals surface area contributed by atoms with Gasteiger partial charge in [0, 0.05) is 12.8 Å². The zero-order valence-corrected chi connectivity index (χ0v) is 43.0. The molecule has 0 bridgehead atoms. The van der Waals surface area contributed by atoms with Crippen molar-refractivity contribution in [2.24, 2.45) is 0 Å². The van der Waals surface area contributed by atoms with E-state index < -0.39 is 12.1 Å². The molecular formula is C58H111NO5. The van der Waals surface area contributed by atoms with Crippen molar-refractivity contribution < 1.29 is 24.5 Å². The first-order chi connectivity index (χ1) is 31.5. The number of hydrogen-bond donors (Lipinski definition) is 3. The van der Waals surface area contributed by atoms with Crippen LogP contribution in [-0.2, 0) is 14.3 Å². The van der Waals surface area contributed by atoms with Crippen LogP contribution in [0.1, 0.15) is 309 Å². The van der Waals surface area contributed by atoms with E-state index in [9.17, 15) is 19.8 Å². The van der Waals surface area contributed by atoms with Gasteiger partial charge in [0.15, 0.2) is 0 Å². The SMILES string of the molecule is CCCCCCCCCCCCCCCCCC/C=C/C(O)C(CO)NC(=O)CCCCCCC/C=C\CCCCCCCCCCCOC(=O)CCCCCCCCCCCCC. The van der Waals surface area contributed by atoms with Gasteiger partial charge in [0.2, 0.25) is 5.91 Å². The molecule has 0 heterocycles. The highest BCUT2D eigenvalue weighted by Gasteiger charge is 2.18. The highest BCUT2D eigenvalue weighted by Crippen LogP contribution is 2.16. The first-order valence-electron chi connectivity index (χ1n) is 28.6. The lowest BCUT2D eigenvalue weighted by Crippen LogP contribution is -2.45. The Bertz CT molecular complexity index is 997. The van der Waals surface area contributed by atoms with Crippen LogP contribution in [-0.4, -0.2) is 47.4 Å². The first kappa shape index (κ1) is 62.3. The molecular weight excluding hydrogens is 791 g/mol. The van der Waals surface area contributed by atoms with Gasteiger partial charge < -0.3 is 20.3 Å². The van der Waals surface area contributed by atoms with E-state index in [1.165, 1.54) is 225 Å². The molecule has 0 radical (unpaired) electrons. The van der Waals surface area contributed by atoms with E-state index in [1.807, 2.05) is 6.08 Å². The van der Waals surface area contributed by atoms with E-state index in [0.717, 1.165) is 57.8 Å². The molecule has 378 valence electrons. The van der Waals surface area contributed by atoms with E-state index in [0.29, 0.717) is 19.4 Å². The summed E-state index contributed by atoms with van der Waals surface area (Å²) in [5, 5.41) is 23.1. The fraction of sp³-hybridized carbons (Fsp3) is 0.897. The largest absolute Gasteiger partial charge is 0.466 e. The molecule has 0 spiro atoms. The molecule has 3 N–H and O–H groups in total. The van der Waals surface area contributed by atoms with Crippen molar-refractivity contribution in [3.8, 4) is 0 Å². The summed E-state index contributed by atoms with van der Waals surface area (Å²) >= 11 is 0. The monoisotopic (exact) mass is 902 g/mol. The Morgan fingerprint density at radius 1 is 0.422 bits per heavy atom. The summed E-state index contributed by atoms with van der Waals surface area (Å²) in [4.78, 5) is 24.4. The predicted octanol–water partition coefficient (Wildman–Crippen LogP) is 17.5.